The Hall–Kier alpha value is -1.76. The van der Waals surface area contributed by atoms with Crippen molar-refractivity contribution >= 4 is 34.9 Å². The fraction of sp³-hybridized carbons (Fsp3) is 0.444. The topological polar surface area (TPSA) is 53.4 Å². The van der Waals surface area contributed by atoms with Gasteiger partial charge in [0, 0.05) is 63.8 Å². The summed E-state index contributed by atoms with van der Waals surface area (Å²) >= 11 is 11.9. The summed E-state index contributed by atoms with van der Waals surface area (Å²) in [6.07, 6.45) is 4.82. The monoisotopic (exact) mass is 395 g/mol. The highest BCUT2D eigenvalue weighted by atomic mass is 35.5. The minimum absolute atomic E-state index is 0.106. The Kier molecular flexibility index (Phi) is 6.40. The van der Waals surface area contributed by atoms with Crippen LogP contribution < -0.4 is 5.32 Å². The van der Waals surface area contributed by atoms with Crippen LogP contribution in [0.5, 0.6) is 0 Å². The van der Waals surface area contributed by atoms with Crippen LogP contribution in [0.1, 0.15) is 12.7 Å². The number of anilines is 1. The van der Waals surface area contributed by atoms with Gasteiger partial charge in [-0.05, 0) is 18.2 Å². The summed E-state index contributed by atoms with van der Waals surface area (Å²) in [6.45, 7) is 7.15. The van der Waals surface area contributed by atoms with Crippen LogP contribution in [0.4, 0.5) is 10.5 Å². The van der Waals surface area contributed by atoms with Crippen LogP contribution in [0.2, 0.25) is 10.0 Å². The second-order valence-corrected chi connectivity index (χ2v) is 7.09. The van der Waals surface area contributed by atoms with Crippen molar-refractivity contribution in [3.05, 3.63) is 46.5 Å². The zero-order valence-electron chi connectivity index (χ0n) is 14.8. The largest absolute Gasteiger partial charge is 0.334 e. The van der Waals surface area contributed by atoms with E-state index in [0.717, 1.165) is 38.4 Å². The first-order valence-corrected chi connectivity index (χ1v) is 9.55. The smallest absolute Gasteiger partial charge is 0.321 e. The molecule has 1 N–H and O–H groups in total. The zero-order valence-corrected chi connectivity index (χ0v) is 16.3. The number of halogens is 2. The normalized spacial score (nSPS) is 15.3. The Morgan fingerprint density at radius 3 is 2.62 bits per heavy atom. The number of piperazine rings is 1. The van der Waals surface area contributed by atoms with E-state index in [1.807, 2.05) is 17.3 Å². The number of carbonyl (C=O) groups excluding carboxylic acids is 1. The molecule has 0 radical (unpaired) electrons. The first-order valence-electron chi connectivity index (χ1n) is 8.80. The molecular weight excluding hydrogens is 373 g/mol. The summed E-state index contributed by atoms with van der Waals surface area (Å²) in [6, 6.07) is 4.98. The third-order valence-corrected chi connectivity index (χ3v) is 5.34. The van der Waals surface area contributed by atoms with Crippen molar-refractivity contribution in [2.24, 2.45) is 0 Å². The lowest BCUT2D eigenvalue weighted by atomic mass is 10.3. The Labute approximate surface area is 163 Å². The van der Waals surface area contributed by atoms with Gasteiger partial charge >= 0.3 is 6.03 Å². The predicted molar refractivity (Wildman–Crippen MR) is 105 cm³/mol. The summed E-state index contributed by atoms with van der Waals surface area (Å²) in [5, 5.41) is 3.78. The van der Waals surface area contributed by atoms with Crippen LogP contribution in [-0.4, -0.2) is 58.1 Å². The van der Waals surface area contributed by atoms with Crippen molar-refractivity contribution < 1.29 is 4.79 Å². The van der Waals surface area contributed by atoms with Gasteiger partial charge in [-0.25, -0.2) is 9.78 Å². The summed E-state index contributed by atoms with van der Waals surface area (Å²) in [5.41, 5.74) is 0.652. The molecule has 1 saturated heterocycles. The van der Waals surface area contributed by atoms with Crippen LogP contribution in [0, 0.1) is 0 Å². The zero-order chi connectivity index (χ0) is 18.5. The molecule has 140 valence electrons. The van der Waals surface area contributed by atoms with E-state index in [2.05, 4.69) is 26.7 Å². The standard InChI is InChI=1S/C18H23Cl2N5O/c1-2-17-21-5-6-24(17)10-7-23-8-11-25(12-9-23)18(26)22-14-3-4-15(19)16(20)13-14/h3-6,13H,2,7-12H2,1H3,(H,22,26). The average Bonchev–Trinajstić information content (AvgIpc) is 3.11. The van der Waals surface area contributed by atoms with Crippen LogP contribution in [0.25, 0.3) is 0 Å². The molecule has 0 spiro atoms. The minimum Gasteiger partial charge on any atom is -0.334 e. The minimum atomic E-state index is -0.106. The maximum absolute atomic E-state index is 12.4. The van der Waals surface area contributed by atoms with Crippen LogP contribution >= 0.6 is 23.2 Å². The first kappa shape index (κ1) is 19.0. The number of aromatic nitrogens is 2. The number of rotatable bonds is 5. The van der Waals surface area contributed by atoms with Crippen molar-refractivity contribution in [2.45, 2.75) is 19.9 Å². The highest BCUT2D eigenvalue weighted by Gasteiger charge is 2.21. The number of imidazole rings is 1. The van der Waals surface area contributed by atoms with Gasteiger partial charge in [0.1, 0.15) is 5.82 Å². The molecule has 1 aromatic carbocycles. The lowest BCUT2D eigenvalue weighted by molar-refractivity contribution is 0.144. The van der Waals surface area contributed by atoms with E-state index < -0.39 is 0 Å². The molecule has 0 saturated carbocycles. The van der Waals surface area contributed by atoms with Gasteiger partial charge in [0.25, 0.3) is 0 Å². The number of urea groups is 1. The molecule has 1 aromatic heterocycles. The van der Waals surface area contributed by atoms with Gasteiger partial charge < -0.3 is 14.8 Å². The quantitative estimate of drug-likeness (QED) is 0.840. The molecule has 3 rings (SSSR count). The van der Waals surface area contributed by atoms with Crippen LogP contribution in [0.15, 0.2) is 30.6 Å². The van der Waals surface area contributed by atoms with Gasteiger partial charge in [-0.15, -0.1) is 0 Å². The lowest BCUT2D eigenvalue weighted by Crippen LogP contribution is -2.50. The number of carbonyl (C=O) groups is 1. The summed E-state index contributed by atoms with van der Waals surface area (Å²) in [5.74, 6) is 1.12. The molecule has 26 heavy (non-hydrogen) atoms. The van der Waals surface area contributed by atoms with Crippen molar-refractivity contribution in [3.63, 3.8) is 0 Å². The first-order chi connectivity index (χ1) is 12.6. The van der Waals surface area contributed by atoms with E-state index in [9.17, 15) is 4.79 Å². The number of hydrogen-bond donors (Lipinski definition) is 1. The van der Waals surface area contributed by atoms with Gasteiger partial charge in [-0.2, -0.15) is 0 Å². The van der Waals surface area contributed by atoms with E-state index >= 15 is 0 Å². The molecule has 6 nitrogen and oxygen atoms in total. The van der Waals surface area contributed by atoms with Gasteiger partial charge in [0.05, 0.1) is 10.0 Å². The van der Waals surface area contributed by atoms with Gasteiger partial charge in [0.15, 0.2) is 0 Å². The molecule has 1 aliphatic rings. The van der Waals surface area contributed by atoms with Crippen molar-refractivity contribution in [2.75, 3.05) is 38.0 Å². The van der Waals surface area contributed by atoms with E-state index in [0.29, 0.717) is 28.8 Å². The molecule has 0 unspecified atom stereocenters. The molecule has 1 fully saturated rings. The second kappa shape index (κ2) is 8.75. The third-order valence-electron chi connectivity index (χ3n) is 4.61. The SMILES string of the molecule is CCc1nccn1CCN1CCN(C(=O)Nc2ccc(Cl)c(Cl)c2)CC1. The summed E-state index contributed by atoms with van der Waals surface area (Å²) in [4.78, 5) is 21.0. The molecule has 2 heterocycles. The highest BCUT2D eigenvalue weighted by Crippen LogP contribution is 2.25. The highest BCUT2D eigenvalue weighted by molar-refractivity contribution is 6.42. The fourth-order valence-electron chi connectivity index (χ4n) is 3.06. The molecule has 0 bridgehead atoms. The molecule has 0 atom stereocenters. The number of aryl methyl sites for hydroxylation is 1. The van der Waals surface area contributed by atoms with E-state index in [1.54, 1.807) is 18.2 Å². The van der Waals surface area contributed by atoms with Crippen molar-refractivity contribution in [1.82, 2.24) is 19.4 Å². The predicted octanol–water partition coefficient (Wildman–Crippen LogP) is 3.60. The second-order valence-electron chi connectivity index (χ2n) is 6.28. The van der Waals surface area contributed by atoms with E-state index in [-0.39, 0.29) is 6.03 Å². The summed E-state index contributed by atoms with van der Waals surface area (Å²) in [7, 11) is 0. The Morgan fingerprint density at radius 2 is 1.92 bits per heavy atom. The number of nitrogens with one attached hydrogen (secondary N) is 1. The molecule has 1 aliphatic heterocycles. The third kappa shape index (κ3) is 4.69. The van der Waals surface area contributed by atoms with Gasteiger partial charge in [0.2, 0.25) is 0 Å². The Bertz CT molecular complexity index is 756. The van der Waals surface area contributed by atoms with Crippen molar-refractivity contribution in [1.29, 1.82) is 0 Å². The lowest BCUT2D eigenvalue weighted by Gasteiger charge is -2.34. The molecule has 0 aliphatic carbocycles. The Morgan fingerprint density at radius 1 is 1.15 bits per heavy atom. The number of benzene rings is 1. The molecule has 2 amide bonds. The summed E-state index contributed by atoms with van der Waals surface area (Å²) < 4.78 is 2.20. The maximum atomic E-state index is 12.4. The number of nitrogens with zero attached hydrogens (tertiary/aromatic N) is 4. The van der Waals surface area contributed by atoms with Gasteiger partial charge in [-0.3, -0.25) is 4.90 Å². The van der Waals surface area contributed by atoms with E-state index in [1.165, 1.54) is 0 Å². The molecule has 8 heteroatoms. The number of amides is 2. The molecule has 2 aromatic rings. The van der Waals surface area contributed by atoms with Crippen LogP contribution in [0.3, 0.4) is 0 Å². The molecular formula is C18H23Cl2N5O. The number of hydrogen-bond acceptors (Lipinski definition) is 3. The maximum Gasteiger partial charge on any atom is 0.321 e. The van der Waals surface area contributed by atoms with Gasteiger partial charge in [-0.1, -0.05) is 30.1 Å². The Balaban J connectivity index is 1.45. The van der Waals surface area contributed by atoms with Crippen LogP contribution in [-0.2, 0) is 13.0 Å². The van der Waals surface area contributed by atoms with Crippen molar-refractivity contribution in [3.8, 4) is 0 Å². The fourth-order valence-corrected chi connectivity index (χ4v) is 3.36. The van der Waals surface area contributed by atoms with E-state index in [4.69, 9.17) is 23.2 Å². The average molecular weight is 396 g/mol.